The molecule has 4 heteroatoms. The molecule has 0 radical (unpaired) electrons. The maximum atomic E-state index is 4.28. The Hall–Kier alpha value is -1.68. The zero-order chi connectivity index (χ0) is 12.1. The number of rotatable bonds is 5. The van der Waals surface area contributed by atoms with Crippen LogP contribution in [0.2, 0.25) is 0 Å². The molecule has 0 spiro atoms. The predicted octanol–water partition coefficient (Wildman–Crippen LogP) is 1.68. The lowest BCUT2D eigenvalue weighted by molar-refractivity contribution is 0.584. The van der Waals surface area contributed by atoms with Gasteiger partial charge in [0, 0.05) is 31.5 Å². The van der Waals surface area contributed by atoms with Crippen molar-refractivity contribution in [3.63, 3.8) is 0 Å². The Balaban J connectivity index is 1.75. The molecule has 2 aromatic heterocycles. The van der Waals surface area contributed by atoms with Gasteiger partial charge in [-0.1, -0.05) is 6.07 Å². The minimum atomic E-state index is 0.813. The molecule has 0 atom stereocenters. The van der Waals surface area contributed by atoms with E-state index < -0.39 is 0 Å². The van der Waals surface area contributed by atoms with E-state index >= 15 is 0 Å². The summed E-state index contributed by atoms with van der Waals surface area (Å²) < 4.78 is 2.17. The van der Waals surface area contributed by atoms with Gasteiger partial charge in [-0.15, -0.1) is 0 Å². The fraction of sp³-hybridized carbons (Fsp3) is 0.385. The molecule has 0 aliphatic rings. The Morgan fingerprint density at radius 2 is 2.12 bits per heavy atom. The molecule has 17 heavy (non-hydrogen) atoms. The standard InChI is InChI=1S/C13H18N4/c1-11-12(2)17(10-16-11)8-7-14-9-13-5-3-4-6-15-13/h3-6,10,14H,7-9H2,1-2H3. The minimum Gasteiger partial charge on any atom is -0.333 e. The van der Waals surface area contributed by atoms with Gasteiger partial charge in [-0.05, 0) is 26.0 Å². The summed E-state index contributed by atoms with van der Waals surface area (Å²) in [5.41, 5.74) is 3.42. The van der Waals surface area contributed by atoms with E-state index in [-0.39, 0.29) is 0 Å². The highest BCUT2D eigenvalue weighted by Gasteiger charge is 2.00. The smallest absolute Gasteiger partial charge is 0.0951 e. The third-order valence-corrected chi connectivity index (χ3v) is 2.91. The Morgan fingerprint density at radius 3 is 2.76 bits per heavy atom. The Kier molecular flexibility index (Phi) is 3.88. The monoisotopic (exact) mass is 230 g/mol. The lowest BCUT2D eigenvalue weighted by Gasteiger charge is -2.07. The summed E-state index contributed by atoms with van der Waals surface area (Å²) in [6.07, 6.45) is 3.72. The molecule has 4 nitrogen and oxygen atoms in total. The van der Waals surface area contributed by atoms with Crippen LogP contribution >= 0.6 is 0 Å². The molecular weight excluding hydrogens is 212 g/mol. The van der Waals surface area contributed by atoms with E-state index in [0.717, 1.165) is 31.0 Å². The summed E-state index contributed by atoms with van der Waals surface area (Å²) in [6, 6.07) is 5.97. The van der Waals surface area contributed by atoms with E-state index in [1.165, 1.54) is 5.69 Å². The highest BCUT2D eigenvalue weighted by molar-refractivity contribution is 5.08. The number of hydrogen-bond donors (Lipinski definition) is 1. The second-order valence-corrected chi connectivity index (χ2v) is 4.11. The molecule has 0 aliphatic heterocycles. The summed E-state index contributed by atoms with van der Waals surface area (Å²) in [7, 11) is 0. The zero-order valence-electron chi connectivity index (χ0n) is 10.3. The minimum absolute atomic E-state index is 0.813. The van der Waals surface area contributed by atoms with Crippen LogP contribution in [0.25, 0.3) is 0 Å². The van der Waals surface area contributed by atoms with Gasteiger partial charge in [0.25, 0.3) is 0 Å². The van der Waals surface area contributed by atoms with Gasteiger partial charge >= 0.3 is 0 Å². The molecule has 0 aromatic carbocycles. The lowest BCUT2D eigenvalue weighted by atomic mass is 10.3. The van der Waals surface area contributed by atoms with Crippen LogP contribution in [0.1, 0.15) is 17.1 Å². The molecule has 2 rings (SSSR count). The van der Waals surface area contributed by atoms with Crippen molar-refractivity contribution in [3.05, 3.63) is 47.8 Å². The van der Waals surface area contributed by atoms with Gasteiger partial charge in [-0.25, -0.2) is 4.98 Å². The van der Waals surface area contributed by atoms with Crippen LogP contribution in [0, 0.1) is 13.8 Å². The van der Waals surface area contributed by atoms with Crippen LogP contribution in [-0.4, -0.2) is 21.1 Å². The molecular formula is C13H18N4. The Morgan fingerprint density at radius 1 is 1.24 bits per heavy atom. The number of nitrogens with one attached hydrogen (secondary N) is 1. The summed E-state index contributed by atoms with van der Waals surface area (Å²) in [5, 5.41) is 3.38. The van der Waals surface area contributed by atoms with Gasteiger partial charge in [-0.3, -0.25) is 4.98 Å². The second kappa shape index (κ2) is 5.59. The normalized spacial score (nSPS) is 10.7. The zero-order valence-corrected chi connectivity index (χ0v) is 10.3. The Labute approximate surface area is 102 Å². The van der Waals surface area contributed by atoms with Crippen LogP contribution in [0.3, 0.4) is 0 Å². The summed E-state index contributed by atoms with van der Waals surface area (Å²) in [5.74, 6) is 0. The second-order valence-electron chi connectivity index (χ2n) is 4.11. The lowest BCUT2D eigenvalue weighted by Crippen LogP contribution is -2.20. The fourth-order valence-electron chi connectivity index (χ4n) is 1.69. The first kappa shape index (κ1) is 11.8. The summed E-state index contributed by atoms with van der Waals surface area (Å²) in [4.78, 5) is 8.54. The first-order valence-corrected chi connectivity index (χ1v) is 5.86. The van der Waals surface area contributed by atoms with E-state index in [2.05, 4.69) is 26.8 Å². The average molecular weight is 230 g/mol. The highest BCUT2D eigenvalue weighted by atomic mass is 15.1. The van der Waals surface area contributed by atoms with Crippen LogP contribution in [0.15, 0.2) is 30.7 Å². The van der Waals surface area contributed by atoms with Crippen molar-refractivity contribution in [2.75, 3.05) is 6.54 Å². The molecule has 0 unspecified atom stereocenters. The molecule has 1 N–H and O–H groups in total. The SMILES string of the molecule is Cc1ncn(CCNCc2ccccn2)c1C. The van der Waals surface area contributed by atoms with Crippen molar-refractivity contribution in [3.8, 4) is 0 Å². The molecule has 2 heterocycles. The Bertz CT molecular complexity index is 462. The third kappa shape index (κ3) is 3.14. The molecule has 0 aliphatic carbocycles. The van der Waals surface area contributed by atoms with Crippen molar-refractivity contribution in [1.29, 1.82) is 0 Å². The van der Waals surface area contributed by atoms with Gasteiger partial charge in [0.05, 0.1) is 17.7 Å². The number of imidazole rings is 1. The van der Waals surface area contributed by atoms with Crippen molar-refractivity contribution < 1.29 is 0 Å². The molecule has 0 fully saturated rings. The van der Waals surface area contributed by atoms with Crippen LogP contribution in [-0.2, 0) is 13.1 Å². The van der Waals surface area contributed by atoms with Gasteiger partial charge in [-0.2, -0.15) is 0 Å². The number of nitrogens with zero attached hydrogens (tertiary/aromatic N) is 3. The predicted molar refractivity (Wildman–Crippen MR) is 67.6 cm³/mol. The molecule has 0 amide bonds. The fourth-order valence-corrected chi connectivity index (χ4v) is 1.69. The van der Waals surface area contributed by atoms with Crippen LogP contribution < -0.4 is 5.32 Å². The molecule has 90 valence electrons. The number of pyridine rings is 1. The third-order valence-electron chi connectivity index (χ3n) is 2.91. The van der Waals surface area contributed by atoms with Crippen LogP contribution in [0.5, 0.6) is 0 Å². The van der Waals surface area contributed by atoms with Crippen molar-refractivity contribution in [1.82, 2.24) is 19.9 Å². The molecule has 0 bridgehead atoms. The summed E-state index contributed by atoms with van der Waals surface area (Å²) in [6.45, 7) is 6.81. The van der Waals surface area contributed by atoms with E-state index in [0.29, 0.717) is 0 Å². The van der Waals surface area contributed by atoms with E-state index in [1.807, 2.05) is 37.6 Å². The van der Waals surface area contributed by atoms with Crippen LogP contribution in [0.4, 0.5) is 0 Å². The van der Waals surface area contributed by atoms with Gasteiger partial charge < -0.3 is 9.88 Å². The summed E-state index contributed by atoms with van der Waals surface area (Å²) >= 11 is 0. The van der Waals surface area contributed by atoms with E-state index in [9.17, 15) is 0 Å². The van der Waals surface area contributed by atoms with Crippen molar-refractivity contribution in [2.24, 2.45) is 0 Å². The molecule has 0 saturated carbocycles. The average Bonchev–Trinajstić information content (AvgIpc) is 2.67. The number of hydrogen-bond acceptors (Lipinski definition) is 3. The maximum absolute atomic E-state index is 4.28. The van der Waals surface area contributed by atoms with Crippen molar-refractivity contribution in [2.45, 2.75) is 26.9 Å². The first-order valence-electron chi connectivity index (χ1n) is 5.86. The molecule has 0 saturated heterocycles. The number of aromatic nitrogens is 3. The largest absolute Gasteiger partial charge is 0.333 e. The molecule has 2 aromatic rings. The van der Waals surface area contributed by atoms with E-state index in [4.69, 9.17) is 0 Å². The first-order chi connectivity index (χ1) is 8.27. The van der Waals surface area contributed by atoms with Gasteiger partial charge in [0.15, 0.2) is 0 Å². The van der Waals surface area contributed by atoms with Gasteiger partial charge in [0.2, 0.25) is 0 Å². The number of aryl methyl sites for hydroxylation is 1. The highest BCUT2D eigenvalue weighted by Crippen LogP contribution is 2.03. The van der Waals surface area contributed by atoms with E-state index in [1.54, 1.807) is 0 Å². The topological polar surface area (TPSA) is 42.7 Å². The maximum Gasteiger partial charge on any atom is 0.0951 e. The van der Waals surface area contributed by atoms with Crippen molar-refractivity contribution >= 4 is 0 Å². The van der Waals surface area contributed by atoms with Gasteiger partial charge in [0.1, 0.15) is 0 Å². The quantitative estimate of drug-likeness (QED) is 0.795.